The van der Waals surface area contributed by atoms with E-state index < -0.39 is 0 Å². The molecule has 3 rings (SSSR count). The lowest BCUT2D eigenvalue weighted by Crippen LogP contribution is -2.51. The minimum Gasteiger partial charge on any atom is -0.354 e. The van der Waals surface area contributed by atoms with Crippen LogP contribution in [0.1, 0.15) is 78.1 Å². The van der Waals surface area contributed by atoms with Crippen LogP contribution in [0, 0.1) is 5.92 Å². The van der Waals surface area contributed by atoms with E-state index in [4.69, 9.17) is 0 Å². The van der Waals surface area contributed by atoms with Crippen molar-refractivity contribution < 1.29 is 0 Å². The van der Waals surface area contributed by atoms with Crippen LogP contribution in [0.3, 0.4) is 0 Å². The number of hydrogen-bond donors (Lipinski definition) is 2. The SMILES string of the molecule is CCCC1CC1NC(=NCC)NC1CCN(C2CCCCC2)CC1.I. The maximum atomic E-state index is 4.68. The number of hydrogen-bond acceptors (Lipinski definition) is 2. The first-order valence-electron chi connectivity index (χ1n) is 10.6. The molecule has 0 spiro atoms. The molecule has 146 valence electrons. The largest absolute Gasteiger partial charge is 0.354 e. The van der Waals surface area contributed by atoms with E-state index in [0.29, 0.717) is 12.1 Å². The van der Waals surface area contributed by atoms with Crippen molar-refractivity contribution in [3.05, 3.63) is 0 Å². The van der Waals surface area contributed by atoms with E-state index in [1.807, 2.05) is 0 Å². The van der Waals surface area contributed by atoms with Crippen molar-refractivity contribution in [2.45, 2.75) is 96.2 Å². The highest BCUT2D eigenvalue weighted by Crippen LogP contribution is 2.34. The van der Waals surface area contributed by atoms with Crippen LogP contribution in [0.25, 0.3) is 0 Å². The van der Waals surface area contributed by atoms with E-state index in [0.717, 1.165) is 24.5 Å². The summed E-state index contributed by atoms with van der Waals surface area (Å²) < 4.78 is 0. The standard InChI is InChI=1S/C20H38N4.HI/c1-3-8-16-15-19(16)23-20(21-4-2)22-17-11-13-24(14-12-17)18-9-6-5-7-10-18;/h16-19H,3-15H2,1-2H3,(H2,21,22,23);1H. The van der Waals surface area contributed by atoms with Gasteiger partial charge in [0.2, 0.25) is 0 Å². The topological polar surface area (TPSA) is 39.7 Å². The molecular weight excluding hydrogens is 423 g/mol. The van der Waals surface area contributed by atoms with Gasteiger partial charge in [-0.3, -0.25) is 4.99 Å². The Morgan fingerprint density at radius 2 is 1.72 bits per heavy atom. The van der Waals surface area contributed by atoms with Crippen LogP contribution >= 0.6 is 24.0 Å². The third-order valence-corrected chi connectivity index (χ3v) is 6.18. The molecule has 2 N–H and O–H groups in total. The molecule has 3 aliphatic rings. The summed E-state index contributed by atoms with van der Waals surface area (Å²) in [6.07, 6.45) is 13.7. The van der Waals surface area contributed by atoms with Crippen molar-refractivity contribution in [2.24, 2.45) is 10.9 Å². The summed E-state index contributed by atoms with van der Waals surface area (Å²) in [5.41, 5.74) is 0. The number of rotatable bonds is 6. The summed E-state index contributed by atoms with van der Waals surface area (Å²) in [4.78, 5) is 7.45. The second-order valence-corrected chi connectivity index (χ2v) is 8.10. The highest BCUT2D eigenvalue weighted by molar-refractivity contribution is 14.0. The smallest absolute Gasteiger partial charge is 0.191 e. The molecule has 1 saturated heterocycles. The van der Waals surface area contributed by atoms with Crippen molar-refractivity contribution in [2.75, 3.05) is 19.6 Å². The number of guanidine groups is 1. The average Bonchev–Trinajstić information content (AvgIpc) is 3.34. The van der Waals surface area contributed by atoms with Crippen molar-refractivity contribution in [3.8, 4) is 0 Å². The van der Waals surface area contributed by atoms with E-state index in [1.54, 1.807) is 0 Å². The number of nitrogens with one attached hydrogen (secondary N) is 2. The fraction of sp³-hybridized carbons (Fsp3) is 0.950. The van der Waals surface area contributed by atoms with Gasteiger partial charge < -0.3 is 15.5 Å². The molecule has 2 unspecified atom stereocenters. The molecule has 2 aliphatic carbocycles. The number of likely N-dealkylation sites (tertiary alicyclic amines) is 1. The van der Waals surface area contributed by atoms with Crippen molar-refractivity contribution in [3.63, 3.8) is 0 Å². The molecule has 0 aromatic rings. The highest BCUT2D eigenvalue weighted by Gasteiger charge is 2.37. The van der Waals surface area contributed by atoms with Gasteiger partial charge in [-0.15, -0.1) is 24.0 Å². The number of piperidine rings is 1. The fourth-order valence-electron chi connectivity index (χ4n) is 4.63. The van der Waals surface area contributed by atoms with Gasteiger partial charge >= 0.3 is 0 Å². The lowest BCUT2D eigenvalue weighted by Gasteiger charge is -2.39. The summed E-state index contributed by atoms with van der Waals surface area (Å²) in [6, 6.07) is 2.15. The van der Waals surface area contributed by atoms with Gasteiger partial charge in [-0.25, -0.2) is 0 Å². The summed E-state index contributed by atoms with van der Waals surface area (Å²) in [5.74, 6) is 1.95. The van der Waals surface area contributed by atoms with Crippen molar-refractivity contribution in [1.82, 2.24) is 15.5 Å². The van der Waals surface area contributed by atoms with Gasteiger partial charge in [0.15, 0.2) is 5.96 Å². The summed E-state index contributed by atoms with van der Waals surface area (Å²) >= 11 is 0. The van der Waals surface area contributed by atoms with Gasteiger partial charge in [0.1, 0.15) is 0 Å². The van der Waals surface area contributed by atoms with Crippen LogP contribution in [0.4, 0.5) is 0 Å². The summed E-state index contributed by atoms with van der Waals surface area (Å²) in [7, 11) is 0. The van der Waals surface area contributed by atoms with E-state index in [9.17, 15) is 0 Å². The Hall–Kier alpha value is -0.0400. The van der Waals surface area contributed by atoms with E-state index in [1.165, 1.54) is 77.3 Å². The molecule has 2 atom stereocenters. The predicted octanol–water partition coefficient (Wildman–Crippen LogP) is 4.15. The van der Waals surface area contributed by atoms with Gasteiger partial charge in [0, 0.05) is 37.8 Å². The Kier molecular flexibility index (Phi) is 9.31. The third-order valence-electron chi connectivity index (χ3n) is 6.18. The predicted molar refractivity (Wildman–Crippen MR) is 118 cm³/mol. The van der Waals surface area contributed by atoms with Gasteiger partial charge in [-0.05, 0) is 51.4 Å². The first-order valence-corrected chi connectivity index (χ1v) is 10.6. The Morgan fingerprint density at radius 1 is 1.00 bits per heavy atom. The van der Waals surface area contributed by atoms with Crippen LogP contribution in [-0.4, -0.2) is 48.6 Å². The summed E-state index contributed by atoms with van der Waals surface area (Å²) in [6.45, 7) is 7.81. The zero-order valence-electron chi connectivity index (χ0n) is 16.3. The zero-order chi connectivity index (χ0) is 16.8. The van der Waals surface area contributed by atoms with Crippen molar-refractivity contribution in [1.29, 1.82) is 0 Å². The first-order chi connectivity index (χ1) is 11.8. The Balaban J connectivity index is 0.00000225. The van der Waals surface area contributed by atoms with Crippen molar-refractivity contribution >= 4 is 29.9 Å². The number of aliphatic imine (C=N–C) groups is 1. The van der Waals surface area contributed by atoms with E-state index >= 15 is 0 Å². The van der Waals surface area contributed by atoms with Crippen LogP contribution < -0.4 is 10.6 Å². The first kappa shape index (κ1) is 21.3. The normalized spacial score (nSPS) is 29.1. The molecule has 0 radical (unpaired) electrons. The molecule has 0 aromatic heterocycles. The van der Waals surface area contributed by atoms with E-state index in [-0.39, 0.29) is 24.0 Å². The number of nitrogens with zero attached hydrogens (tertiary/aromatic N) is 2. The average molecular weight is 462 g/mol. The Bertz CT molecular complexity index is 401. The van der Waals surface area contributed by atoms with E-state index in [2.05, 4.69) is 34.4 Å². The monoisotopic (exact) mass is 462 g/mol. The molecule has 25 heavy (non-hydrogen) atoms. The van der Waals surface area contributed by atoms with Gasteiger partial charge in [0.25, 0.3) is 0 Å². The van der Waals surface area contributed by atoms with Crippen LogP contribution in [0.15, 0.2) is 4.99 Å². The van der Waals surface area contributed by atoms with Crippen LogP contribution in [0.2, 0.25) is 0 Å². The molecule has 1 heterocycles. The second kappa shape index (κ2) is 11.0. The van der Waals surface area contributed by atoms with Crippen LogP contribution in [0.5, 0.6) is 0 Å². The lowest BCUT2D eigenvalue weighted by molar-refractivity contribution is 0.119. The minimum absolute atomic E-state index is 0. The minimum atomic E-state index is 0. The van der Waals surface area contributed by atoms with Gasteiger partial charge in [-0.2, -0.15) is 0 Å². The fourth-order valence-corrected chi connectivity index (χ4v) is 4.63. The molecule has 4 nitrogen and oxygen atoms in total. The lowest BCUT2D eigenvalue weighted by atomic mass is 9.92. The maximum Gasteiger partial charge on any atom is 0.191 e. The molecule has 1 aliphatic heterocycles. The molecule has 3 fully saturated rings. The molecule has 0 aromatic carbocycles. The van der Waals surface area contributed by atoms with Crippen LogP contribution in [-0.2, 0) is 0 Å². The van der Waals surface area contributed by atoms with Gasteiger partial charge in [-0.1, -0.05) is 32.6 Å². The quantitative estimate of drug-likeness (QED) is 0.354. The Labute approximate surface area is 172 Å². The second-order valence-electron chi connectivity index (χ2n) is 8.10. The molecule has 0 bridgehead atoms. The molecule has 5 heteroatoms. The molecule has 2 saturated carbocycles. The molecule has 0 amide bonds. The number of halogens is 1. The third kappa shape index (κ3) is 6.56. The van der Waals surface area contributed by atoms with Gasteiger partial charge in [0.05, 0.1) is 0 Å². The summed E-state index contributed by atoms with van der Waals surface area (Å²) in [5, 5.41) is 7.40. The maximum absolute atomic E-state index is 4.68. The molecular formula is C20H39IN4. The Morgan fingerprint density at radius 3 is 2.36 bits per heavy atom. The highest BCUT2D eigenvalue weighted by atomic mass is 127. The zero-order valence-corrected chi connectivity index (χ0v) is 18.6.